The van der Waals surface area contributed by atoms with E-state index < -0.39 is 30.3 Å². The molecule has 94 valence electrons. The zero-order valence-electron chi connectivity index (χ0n) is 9.47. The van der Waals surface area contributed by atoms with Crippen molar-refractivity contribution in [1.29, 1.82) is 0 Å². The van der Waals surface area contributed by atoms with Crippen LogP contribution in [0.25, 0.3) is 0 Å². The van der Waals surface area contributed by atoms with Crippen LogP contribution in [-0.2, 0) is 16.0 Å². The van der Waals surface area contributed by atoms with Gasteiger partial charge < -0.3 is 4.74 Å². The Kier molecular flexibility index (Phi) is 4.48. The molecule has 0 aromatic carbocycles. The van der Waals surface area contributed by atoms with E-state index in [-0.39, 0.29) is 17.9 Å². The third-order valence-electron chi connectivity index (χ3n) is 2.10. The molecule has 0 aliphatic rings. The van der Waals surface area contributed by atoms with Crippen LogP contribution in [0.15, 0.2) is 6.07 Å². The maximum Gasteiger partial charge on any atom is 0.311 e. The van der Waals surface area contributed by atoms with Gasteiger partial charge in [0.15, 0.2) is 0 Å². The van der Waals surface area contributed by atoms with E-state index in [4.69, 9.17) is 0 Å². The molecular weight excluding hydrogens is 235 g/mol. The fourth-order valence-corrected chi connectivity index (χ4v) is 1.33. The van der Waals surface area contributed by atoms with Crippen molar-refractivity contribution in [1.82, 2.24) is 4.98 Å². The van der Waals surface area contributed by atoms with Gasteiger partial charge in [0.2, 0.25) is 0 Å². The van der Waals surface area contributed by atoms with Gasteiger partial charge in [0.25, 0.3) is 6.43 Å². The average molecular weight is 247 g/mol. The van der Waals surface area contributed by atoms with E-state index in [0.29, 0.717) is 0 Å². The number of hydrogen-bond donors (Lipinski definition) is 0. The Morgan fingerprint density at radius 2 is 2.18 bits per heavy atom. The smallest absolute Gasteiger partial charge is 0.311 e. The molecule has 0 radical (unpaired) electrons. The van der Waals surface area contributed by atoms with Gasteiger partial charge in [-0.25, -0.2) is 18.2 Å². The van der Waals surface area contributed by atoms with Crippen molar-refractivity contribution in [2.45, 2.75) is 26.7 Å². The number of pyridine rings is 1. The van der Waals surface area contributed by atoms with Gasteiger partial charge in [-0.05, 0) is 25.5 Å². The maximum atomic E-state index is 13.4. The number of esters is 1. The van der Waals surface area contributed by atoms with Crippen LogP contribution >= 0.6 is 0 Å². The summed E-state index contributed by atoms with van der Waals surface area (Å²) in [7, 11) is 0. The molecule has 0 unspecified atom stereocenters. The van der Waals surface area contributed by atoms with Crippen LogP contribution < -0.4 is 0 Å². The highest BCUT2D eigenvalue weighted by Gasteiger charge is 2.18. The molecule has 0 bridgehead atoms. The summed E-state index contributed by atoms with van der Waals surface area (Å²) >= 11 is 0. The molecule has 0 saturated heterocycles. The number of nitrogens with zero attached hydrogens (tertiary/aromatic N) is 1. The predicted octanol–water partition coefficient (Wildman–Crippen LogP) is 2.57. The Morgan fingerprint density at radius 3 is 2.71 bits per heavy atom. The van der Waals surface area contributed by atoms with Crippen molar-refractivity contribution in [3.63, 3.8) is 0 Å². The van der Waals surface area contributed by atoms with Crippen LogP contribution in [0.5, 0.6) is 0 Å². The normalized spacial score (nSPS) is 10.7. The lowest BCUT2D eigenvalue weighted by Crippen LogP contribution is -2.12. The third kappa shape index (κ3) is 3.44. The summed E-state index contributed by atoms with van der Waals surface area (Å²) in [4.78, 5) is 14.6. The second-order valence-electron chi connectivity index (χ2n) is 3.40. The molecule has 0 aliphatic heterocycles. The molecule has 0 saturated carbocycles. The van der Waals surface area contributed by atoms with Crippen molar-refractivity contribution < 1.29 is 22.7 Å². The van der Waals surface area contributed by atoms with Crippen LogP contribution in [0.2, 0.25) is 0 Å². The first-order valence-corrected chi connectivity index (χ1v) is 5.05. The molecule has 1 rings (SSSR count). The Hall–Kier alpha value is -1.59. The summed E-state index contributed by atoms with van der Waals surface area (Å²) in [6.45, 7) is 3.08. The Balaban J connectivity index is 2.99. The molecule has 0 atom stereocenters. The van der Waals surface area contributed by atoms with Crippen LogP contribution in [0.1, 0.15) is 30.3 Å². The molecule has 0 fully saturated rings. The number of ether oxygens (including phenoxy) is 1. The van der Waals surface area contributed by atoms with Crippen molar-refractivity contribution >= 4 is 5.97 Å². The lowest BCUT2D eigenvalue weighted by molar-refractivity contribution is -0.142. The first-order chi connectivity index (χ1) is 7.95. The Labute approximate surface area is 96.6 Å². The van der Waals surface area contributed by atoms with E-state index in [1.807, 2.05) is 0 Å². The number of rotatable bonds is 4. The monoisotopic (exact) mass is 247 g/mol. The van der Waals surface area contributed by atoms with Crippen LogP contribution in [0, 0.1) is 12.7 Å². The highest BCUT2D eigenvalue weighted by Crippen LogP contribution is 2.22. The van der Waals surface area contributed by atoms with Gasteiger partial charge in [-0.2, -0.15) is 0 Å². The number of aryl methyl sites for hydroxylation is 1. The number of alkyl halides is 2. The molecule has 0 spiro atoms. The van der Waals surface area contributed by atoms with Gasteiger partial charge in [0, 0.05) is 0 Å². The second kappa shape index (κ2) is 5.65. The fourth-order valence-electron chi connectivity index (χ4n) is 1.33. The molecule has 17 heavy (non-hydrogen) atoms. The van der Waals surface area contributed by atoms with Gasteiger partial charge in [-0.3, -0.25) is 4.79 Å². The number of carbonyl (C=O) groups excluding carboxylic acids is 1. The number of carbonyl (C=O) groups is 1. The van der Waals surface area contributed by atoms with Crippen LogP contribution in [0.3, 0.4) is 0 Å². The maximum absolute atomic E-state index is 13.4. The van der Waals surface area contributed by atoms with E-state index in [1.165, 1.54) is 6.92 Å². The highest BCUT2D eigenvalue weighted by atomic mass is 19.3. The molecule has 1 aromatic heterocycles. The minimum absolute atomic E-state index is 0.0603. The minimum Gasteiger partial charge on any atom is -0.466 e. The zero-order chi connectivity index (χ0) is 13.0. The summed E-state index contributed by atoms with van der Waals surface area (Å²) in [6, 6.07) is 0.947. The number of aromatic nitrogens is 1. The minimum atomic E-state index is -2.79. The van der Waals surface area contributed by atoms with Gasteiger partial charge in [0.1, 0.15) is 11.5 Å². The first-order valence-electron chi connectivity index (χ1n) is 5.05. The van der Waals surface area contributed by atoms with Crippen molar-refractivity contribution in [2.24, 2.45) is 0 Å². The standard InChI is InChI=1S/C11H12F3NO2/c1-3-17-9(16)5-8-7(12)4-6(2)10(15-8)11(13)14/h4,11H,3,5H2,1-2H3. The molecule has 1 aromatic rings. The second-order valence-corrected chi connectivity index (χ2v) is 3.40. The molecule has 3 nitrogen and oxygen atoms in total. The largest absolute Gasteiger partial charge is 0.466 e. The summed E-state index contributed by atoms with van der Waals surface area (Å²) < 4.78 is 43.0. The predicted molar refractivity (Wildman–Crippen MR) is 54.2 cm³/mol. The molecule has 1 heterocycles. The first kappa shape index (κ1) is 13.5. The molecule has 6 heteroatoms. The summed E-state index contributed by atoms with van der Waals surface area (Å²) in [5.41, 5.74) is -0.764. The molecule has 0 aliphatic carbocycles. The highest BCUT2D eigenvalue weighted by molar-refractivity contribution is 5.72. The van der Waals surface area contributed by atoms with Crippen LogP contribution in [-0.4, -0.2) is 17.6 Å². The summed E-state index contributed by atoms with van der Waals surface area (Å²) in [6.07, 6.45) is -3.24. The van der Waals surface area contributed by atoms with Crippen molar-refractivity contribution in [2.75, 3.05) is 6.61 Å². The fraction of sp³-hybridized carbons (Fsp3) is 0.455. The van der Waals surface area contributed by atoms with E-state index in [0.717, 1.165) is 6.07 Å². The lowest BCUT2D eigenvalue weighted by atomic mass is 10.1. The molecular formula is C11H12F3NO2. The van der Waals surface area contributed by atoms with Gasteiger partial charge >= 0.3 is 5.97 Å². The molecule has 0 N–H and O–H groups in total. The summed E-state index contributed by atoms with van der Waals surface area (Å²) in [5, 5.41) is 0. The van der Waals surface area contributed by atoms with Crippen molar-refractivity contribution in [3.8, 4) is 0 Å². The van der Waals surface area contributed by atoms with Crippen molar-refractivity contribution in [3.05, 3.63) is 28.8 Å². The number of halogens is 3. The Bertz CT molecular complexity index is 421. The lowest BCUT2D eigenvalue weighted by Gasteiger charge is -2.08. The number of hydrogen-bond acceptors (Lipinski definition) is 3. The average Bonchev–Trinajstić information content (AvgIpc) is 2.21. The van der Waals surface area contributed by atoms with Gasteiger partial charge in [-0.15, -0.1) is 0 Å². The third-order valence-corrected chi connectivity index (χ3v) is 2.10. The van der Waals surface area contributed by atoms with Gasteiger partial charge in [-0.1, -0.05) is 0 Å². The molecule has 0 amide bonds. The zero-order valence-corrected chi connectivity index (χ0v) is 9.47. The van der Waals surface area contributed by atoms with E-state index in [2.05, 4.69) is 9.72 Å². The summed E-state index contributed by atoms with van der Waals surface area (Å²) in [5.74, 6) is -1.47. The van der Waals surface area contributed by atoms with Crippen LogP contribution in [0.4, 0.5) is 13.2 Å². The SMILES string of the molecule is CCOC(=O)Cc1nc(C(F)F)c(C)cc1F. The quantitative estimate of drug-likeness (QED) is 0.767. The van der Waals surface area contributed by atoms with Gasteiger partial charge in [0.05, 0.1) is 18.7 Å². The van der Waals surface area contributed by atoms with E-state index in [1.54, 1.807) is 6.92 Å². The topological polar surface area (TPSA) is 39.2 Å². The van der Waals surface area contributed by atoms with E-state index in [9.17, 15) is 18.0 Å². The Morgan fingerprint density at radius 1 is 1.53 bits per heavy atom. The van der Waals surface area contributed by atoms with E-state index >= 15 is 0 Å².